The zero-order valence-electron chi connectivity index (χ0n) is 19.3. The Bertz CT molecular complexity index is 1240. The Kier molecular flexibility index (Phi) is 6.03. The molecule has 0 saturated carbocycles. The van der Waals surface area contributed by atoms with Crippen LogP contribution in [0.1, 0.15) is 27.9 Å². The first-order valence-electron chi connectivity index (χ1n) is 11.8. The van der Waals surface area contributed by atoms with Crippen molar-refractivity contribution in [3.63, 3.8) is 0 Å². The lowest BCUT2D eigenvalue weighted by molar-refractivity contribution is -0.151. The zero-order valence-corrected chi connectivity index (χ0v) is 20.5. The quantitative estimate of drug-likeness (QED) is 0.367. The summed E-state index contributed by atoms with van der Waals surface area (Å²) < 4.78 is 11.9. The SMILES string of the molecule is [O-][PH2+]C(c1cccc(N2COc3ccccc3C2)c1)c1cccc(N2COc3ccccc3C2)c1. The summed E-state index contributed by atoms with van der Waals surface area (Å²) in [7, 11) is -1.05. The Morgan fingerprint density at radius 3 is 1.60 bits per heavy atom. The van der Waals surface area contributed by atoms with Crippen molar-refractivity contribution in [2.24, 2.45) is 0 Å². The molecule has 35 heavy (non-hydrogen) atoms. The highest BCUT2D eigenvalue weighted by atomic mass is 31.1. The van der Waals surface area contributed by atoms with E-state index in [0.717, 1.165) is 47.1 Å². The molecule has 5 nitrogen and oxygen atoms in total. The smallest absolute Gasteiger partial charge is 0.161 e. The third-order valence-corrected chi connectivity index (χ3v) is 7.79. The molecule has 0 spiro atoms. The summed E-state index contributed by atoms with van der Waals surface area (Å²) in [4.78, 5) is 17.0. The molecule has 4 aromatic rings. The van der Waals surface area contributed by atoms with Gasteiger partial charge in [-0.15, -0.1) is 0 Å². The number of nitrogens with zero attached hydrogens (tertiary/aromatic N) is 2. The number of benzene rings is 4. The largest absolute Gasteiger partial charge is 0.682 e. The summed E-state index contributed by atoms with van der Waals surface area (Å²) in [5, 5.41) is 0. The van der Waals surface area contributed by atoms with Crippen LogP contribution in [-0.4, -0.2) is 13.5 Å². The molecule has 6 rings (SSSR count). The second kappa shape index (κ2) is 9.61. The third kappa shape index (κ3) is 4.45. The lowest BCUT2D eigenvalue weighted by Crippen LogP contribution is -2.32. The summed E-state index contributed by atoms with van der Waals surface area (Å²) in [6.07, 6.45) is 0. The minimum atomic E-state index is -1.05. The molecule has 0 radical (unpaired) electrons. The standard InChI is InChI=1S/C29H27N2O3P/c32-35-29(21-9-5-11-25(15-21)30-17-23-7-1-3-13-27(23)33-19-30)22-10-6-12-26(16-22)31-18-24-8-2-4-14-28(24)34-20-31/h1-16,29H,17-20,35H2. The van der Waals surface area contributed by atoms with Gasteiger partial charge in [0.05, 0.1) is 0 Å². The van der Waals surface area contributed by atoms with E-state index in [1.165, 1.54) is 11.1 Å². The molecule has 1 unspecified atom stereocenters. The van der Waals surface area contributed by atoms with Gasteiger partial charge >= 0.3 is 0 Å². The minimum absolute atomic E-state index is 0.147. The van der Waals surface area contributed by atoms with Gasteiger partial charge in [-0.3, -0.25) is 0 Å². The van der Waals surface area contributed by atoms with Gasteiger partial charge in [-0.2, -0.15) is 0 Å². The van der Waals surface area contributed by atoms with E-state index in [9.17, 15) is 4.89 Å². The van der Waals surface area contributed by atoms with Crippen LogP contribution in [0.5, 0.6) is 11.5 Å². The van der Waals surface area contributed by atoms with Crippen LogP contribution in [0.4, 0.5) is 11.4 Å². The monoisotopic (exact) mass is 482 g/mol. The van der Waals surface area contributed by atoms with Crippen molar-refractivity contribution in [2.75, 3.05) is 23.3 Å². The molecule has 4 aromatic carbocycles. The van der Waals surface area contributed by atoms with Gasteiger partial charge in [0.25, 0.3) is 0 Å². The highest BCUT2D eigenvalue weighted by molar-refractivity contribution is 7.30. The van der Waals surface area contributed by atoms with Gasteiger partial charge in [-0.05, 0) is 47.5 Å². The van der Waals surface area contributed by atoms with Gasteiger partial charge in [0.2, 0.25) is 0 Å². The Morgan fingerprint density at radius 1 is 0.629 bits per heavy atom. The predicted octanol–water partition coefficient (Wildman–Crippen LogP) is 5.18. The molecule has 0 amide bonds. The van der Waals surface area contributed by atoms with E-state index in [-0.39, 0.29) is 5.66 Å². The summed E-state index contributed by atoms with van der Waals surface area (Å²) in [5.74, 6) is 1.89. The van der Waals surface area contributed by atoms with Crippen LogP contribution in [0.25, 0.3) is 0 Å². The maximum atomic E-state index is 12.5. The van der Waals surface area contributed by atoms with Crippen LogP contribution < -0.4 is 24.2 Å². The van der Waals surface area contributed by atoms with Crippen molar-refractivity contribution < 1.29 is 14.4 Å². The van der Waals surface area contributed by atoms with E-state index < -0.39 is 8.81 Å². The van der Waals surface area contributed by atoms with Crippen LogP contribution in [0.3, 0.4) is 0 Å². The Balaban J connectivity index is 1.25. The average molecular weight is 483 g/mol. The number of hydrogen-bond donors (Lipinski definition) is 0. The highest BCUT2D eigenvalue weighted by Gasteiger charge is 2.22. The van der Waals surface area contributed by atoms with Gasteiger partial charge in [0.1, 0.15) is 17.2 Å². The molecule has 2 aliphatic rings. The molecule has 0 aliphatic carbocycles. The molecular weight excluding hydrogens is 455 g/mol. The van der Waals surface area contributed by atoms with E-state index in [0.29, 0.717) is 13.5 Å². The average Bonchev–Trinajstić information content (AvgIpc) is 2.93. The first-order valence-corrected chi connectivity index (χ1v) is 13.0. The first-order chi connectivity index (χ1) is 17.3. The molecule has 6 heteroatoms. The van der Waals surface area contributed by atoms with Crippen molar-refractivity contribution >= 4 is 20.2 Å². The second-order valence-electron chi connectivity index (χ2n) is 8.96. The molecule has 176 valence electrons. The molecule has 0 bridgehead atoms. The predicted molar refractivity (Wildman–Crippen MR) is 141 cm³/mol. The van der Waals surface area contributed by atoms with Crippen LogP contribution in [0.15, 0.2) is 97.1 Å². The maximum absolute atomic E-state index is 12.5. The summed E-state index contributed by atoms with van der Waals surface area (Å²) in [5.41, 5.74) is 6.47. The van der Waals surface area contributed by atoms with Gasteiger partial charge in [0.15, 0.2) is 13.5 Å². The molecule has 1 atom stereocenters. The summed E-state index contributed by atoms with van der Waals surface area (Å²) in [6.45, 7) is 2.59. The molecular formula is C29H27N2O3P. The number of rotatable bonds is 5. The van der Waals surface area contributed by atoms with Gasteiger partial charge in [-0.25, -0.2) is 0 Å². The first kappa shape index (κ1) is 22.0. The topological polar surface area (TPSA) is 48.0 Å². The molecule has 2 aliphatic heterocycles. The van der Waals surface area contributed by atoms with Gasteiger partial charge in [-0.1, -0.05) is 69.5 Å². The van der Waals surface area contributed by atoms with Crippen LogP contribution in [0.2, 0.25) is 0 Å². The molecule has 0 fully saturated rings. The van der Waals surface area contributed by atoms with Crippen molar-refractivity contribution in [2.45, 2.75) is 18.7 Å². The number of para-hydroxylation sites is 2. The Hall–Kier alpha value is -3.53. The molecule has 2 heterocycles. The summed E-state index contributed by atoms with van der Waals surface area (Å²) in [6, 6.07) is 33.0. The highest BCUT2D eigenvalue weighted by Crippen LogP contribution is 2.40. The fourth-order valence-corrected chi connectivity index (χ4v) is 5.59. The fourth-order valence-electron chi connectivity index (χ4n) is 4.86. The number of fused-ring (bicyclic) bond motifs is 2. The lowest BCUT2D eigenvalue weighted by atomic mass is 10.0. The van der Waals surface area contributed by atoms with E-state index >= 15 is 0 Å². The number of anilines is 2. The van der Waals surface area contributed by atoms with E-state index in [1.807, 2.05) is 48.5 Å². The molecule has 0 N–H and O–H groups in total. The Labute approximate surface area is 207 Å². The maximum Gasteiger partial charge on any atom is 0.161 e. The second-order valence-corrected chi connectivity index (χ2v) is 9.90. The van der Waals surface area contributed by atoms with Crippen LogP contribution in [0, 0.1) is 0 Å². The normalized spacial score (nSPS) is 15.0. The molecule has 0 aromatic heterocycles. The third-order valence-electron chi connectivity index (χ3n) is 6.74. The van der Waals surface area contributed by atoms with Crippen molar-refractivity contribution in [3.05, 3.63) is 119 Å². The molecule has 0 saturated heterocycles. The van der Waals surface area contributed by atoms with E-state index in [1.54, 1.807) is 0 Å². The van der Waals surface area contributed by atoms with Gasteiger partial charge < -0.3 is 24.2 Å². The van der Waals surface area contributed by atoms with Gasteiger partial charge in [0, 0.05) is 35.6 Å². The number of hydrogen-bond acceptors (Lipinski definition) is 5. The zero-order chi connectivity index (χ0) is 23.6. The van der Waals surface area contributed by atoms with Crippen molar-refractivity contribution in [1.82, 2.24) is 0 Å². The van der Waals surface area contributed by atoms with Crippen LogP contribution in [-0.2, 0) is 13.1 Å². The van der Waals surface area contributed by atoms with Crippen molar-refractivity contribution in [1.29, 1.82) is 0 Å². The van der Waals surface area contributed by atoms with Crippen molar-refractivity contribution in [3.8, 4) is 11.5 Å². The fraction of sp³-hybridized carbons (Fsp3) is 0.172. The van der Waals surface area contributed by atoms with Crippen LogP contribution >= 0.6 is 8.81 Å². The Morgan fingerprint density at radius 2 is 1.11 bits per heavy atom. The number of ether oxygens (including phenoxy) is 2. The lowest BCUT2D eigenvalue weighted by Gasteiger charge is -2.32. The summed E-state index contributed by atoms with van der Waals surface area (Å²) >= 11 is 0. The van der Waals surface area contributed by atoms with E-state index in [4.69, 9.17) is 9.47 Å². The minimum Gasteiger partial charge on any atom is -0.682 e. The van der Waals surface area contributed by atoms with E-state index in [2.05, 4.69) is 58.3 Å².